The Hall–Kier alpha value is -0.920. The van der Waals surface area contributed by atoms with Gasteiger partial charge in [-0.05, 0) is 6.07 Å². The molecule has 10 heteroatoms. The molecular weight excluding hydrogens is 330 g/mol. The molecule has 0 aliphatic carbocycles. The molecule has 5 N–H and O–H groups in total. The third-order valence-corrected chi connectivity index (χ3v) is 3.01. The van der Waals surface area contributed by atoms with E-state index < -0.39 is 11.9 Å². The molecule has 0 bridgehead atoms. The number of carbonyl (C=O) groups is 2. The van der Waals surface area contributed by atoms with E-state index in [1.807, 2.05) is 0 Å². The molecule has 0 atom stereocenters. The summed E-state index contributed by atoms with van der Waals surface area (Å²) in [6.07, 6.45) is 0. The molecule has 0 fully saturated rings. The minimum Gasteiger partial charge on any atom is -0.473 e. The molecule has 0 aliphatic heterocycles. The predicted octanol–water partition coefficient (Wildman–Crippen LogP) is 2.74. The molecule has 0 aliphatic rings. The highest BCUT2D eigenvalue weighted by Gasteiger charge is 2.12. The van der Waals surface area contributed by atoms with Crippen LogP contribution in [0.1, 0.15) is 0 Å². The van der Waals surface area contributed by atoms with Crippen LogP contribution in [0.4, 0.5) is 5.69 Å². The number of benzene rings is 1. The van der Waals surface area contributed by atoms with Crippen LogP contribution in [0, 0.1) is 0 Å². The molecule has 0 amide bonds. The van der Waals surface area contributed by atoms with Crippen LogP contribution in [-0.2, 0) is 9.59 Å². The third-order valence-electron chi connectivity index (χ3n) is 1.44. The highest BCUT2D eigenvalue weighted by Crippen LogP contribution is 2.40. The number of halogens is 4. The van der Waals surface area contributed by atoms with E-state index >= 15 is 0 Å². The molecule has 0 heterocycles. The molecular formula is C8H6Cl4N2O4. The van der Waals surface area contributed by atoms with Crippen LogP contribution in [-0.4, -0.2) is 22.2 Å². The van der Waals surface area contributed by atoms with Crippen molar-refractivity contribution in [3.8, 4) is 0 Å². The Morgan fingerprint density at radius 1 is 1.00 bits per heavy atom. The molecule has 0 aromatic heterocycles. The minimum atomic E-state index is -1.82. The molecule has 100 valence electrons. The molecule has 6 nitrogen and oxygen atoms in total. The molecule has 18 heavy (non-hydrogen) atoms. The zero-order chi connectivity index (χ0) is 14.5. The van der Waals surface area contributed by atoms with Crippen LogP contribution in [0.25, 0.3) is 0 Å². The summed E-state index contributed by atoms with van der Waals surface area (Å²) >= 11 is 22.9. The number of carboxylic acid groups (broad SMARTS) is 2. The van der Waals surface area contributed by atoms with Crippen molar-refractivity contribution < 1.29 is 19.8 Å². The number of carboxylic acids is 2. The fraction of sp³-hybridized carbons (Fsp3) is 0. The average Bonchev–Trinajstić information content (AvgIpc) is 2.28. The van der Waals surface area contributed by atoms with Gasteiger partial charge in [0.05, 0.1) is 25.8 Å². The lowest BCUT2D eigenvalue weighted by molar-refractivity contribution is -0.159. The SMILES string of the molecule is NNc1c(Cl)c(Cl)cc(Cl)c1Cl.O=C(O)C(=O)O. The van der Waals surface area contributed by atoms with Crippen molar-refractivity contribution in [2.75, 3.05) is 5.43 Å². The molecule has 0 saturated carbocycles. The van der Waals surface area contributed by atoms with Gasteiger partial charge < -0.3 is 15.6 Å². The molecule has 1 aromatic rings. The van der Waals surface area contributed by atoms with Gasteiger partial charge in [-0.15, -0.1) is 0 Å². The van der Waals surface area contributed by atoms with Crippen LogP contribution in [0.5, 0.6) is 0 Å². The van der Waals surface area contributed by atoms with E-state index in [4.69, 9.17) is 72.0 Å². The standard InChI is InChI=1S/C6H4Cl4N2.C2H2O4/c7-2-1-3(8)5(10)6(12-11)4(2)9;3-1(4)2(5)6/h1,12H,11H2;(H,3,4)(H,5,6). The summed E-state index contributed by atoms with van der Waals surface area (Å²) in [5.41, 5.74) is 2.64. The lowest BCUT2D eigenvalue weighted by Crippen LogP contribution is -2.09. The van der Waals surface area contributed by atoms with Gasteiger partial charge in [0.1, 0.15) is 0 Å². The summed E-state index contributed by atoms with van der Waals surface area (Å²) in [5, 5.41) is 15.9. The van der Waals surface area contributed by atoms with Gasteiger partial charge >= 0.3 is 11.9 Å². The van der Waals surface area contributed by atoms with Gasteiger partial charge in [0, 0.05) is 0 Å². The van der Waals surface area contributed by atoms with Crippen LogP contribution in [0.15, 0.2) is 6.07 Å². The first-order chi connectivity index (χ1) is 8.22. The smallest absolute Gasteiger partial charge is 0.414 e. The quantitative estimate of drug-likeness (QED) is 0.271. The van der Waals surface area contributed by atoms with E-state index in [0.29, 0.717) is 15.7 Å². The first-order valence-electron chi connectivity index (χ1n) is 3.98. The second-order valence-electron chi connectivity index (χ2n) is 2.60. The van der Waals surface area contributed by atoms with Crippen molar-refractivity contribution >= 4 is 64.0 Å². The van der Waals surface area contributed by atoms with Crippen LogP contribution < -0.4 is 11.3 Å². The summed E-state index contributed by atoms with van der Waals surface area (Å²) in [6.45, 7) is 0. The monoisotopic (exact) mass is 334 g/mol. The predicted molar refractivity (Wildman–Crippen MR) is 69.6 cm³/mol. The van der Waals surface area contributed by atoms with E-state index in [-0.39, 0.29) is 10.0 Å². The lowest BCUT2D eigenvalue weighted by atomic mass is 10.3. The van der Waals surface area contributed by atoms with Gasteiger partial charge in [0.25, 0.3) is 0 Å². The number of nitrogen functional groups attached to an aromatic ring is 1. The Morgan fingerprint density at radius 2 is 1.33 bits per heavy atom. The molecule has 1 rings (SSSR count). The minimum absolute atomic E-state index is 0.258. The number of nitrogens with two attached hydrogens (primary N) is 1. The fourth-order valence-electron chi connectivity index (χ4n) is 0.700. The van der Waals surface area contributed by atoms with Gasteiger partial charge in [-0.25, -0.2) is 9.59 Å². The number of rotatable bonds is 1. The number of aliphatic carboxylic acids is 2. The van der Waals surface area contributed by atoms with E-state index in [9.17, 15) is 0 Å². The summed E-state index contributed by atoms with van der Waals surface area (Å²) in [7, 11) is 0. The maximum Gasteiger partial charge on any atom is 0.414 e. The molecule has 0 unspecified atom stereocenters. The molecule has 1 aromatic carbocycles. The maximum absolute atomic E-state index is 9.10. The molecule has 0 saturated heterocycles. The highest BCUT2D eigenvalue weighted by atomic mass is 35.5. The van der Waals surface area contributed by atoms with E-state index in [1.165, 1.54) is 6.07 Å². The van der Waals surface area contributed by atoms with Crippen LogP contribution in [0.3, 0.4) is 0 Å². The topological polar surface area (TPSA) is 113 Å². The van der Waals surface area contributed by atoms with Crippen molar-refractivity contribution in [2.45, 2.75) is 0 Å². The van der Waals surface area contributed by atoms with Crippen molar-refractivity contribution in [1.82, 2.24) is 0 Å². The molecule has 0 radical (unpaired) electrons. The summed E-state index contributed by atoms with van der Waals surface area (Å²) in [6, 6.07) is 1.45. The van der Waals surface area contributed by atoms with Crippen molar-refractivity contribution in [2.24, 2.45) is 5.84 Å². The van der Waals surface area contributed by atoms with Crippen molar-refractivity contribution in [3.63, 3.8) is 0 Å². The first-order valence-corrected chi connectivity index (χ1v) is 5.49. The highest BCUT2D eigenvalue weighted by molar-refractivity contribution is 6.50. The Kier molecular flexibility index (Phi) is 7.12. The Morgan fingerprint density at radius 3 is 1.56 bits per heavy atom. The van der Waals surface area contributed by atoms with Crippen molar-refractivity contribution in [3.05, 3.63) is 26.2 Å². The lowest BCUT2D eigenvalue weighted by Gasteiger charge is -2.08. The zero-order valence-electron chi connectivity index (χ0n) is 8.38. The number of nitrogens with one attached hydrogen (secondary N) is 1. The second kappa shape index (κ2) is 7.50. The van der Waals surface area contributed by atoms with Gasteiger partial charge in [-0.2, -0.15) is 0 Å². The van der Waals surface area contributed by atoms with Crippen LogP contribution in [0.2, 0.25) is 20.1 Å². The summed E-state index contributed by atoms with van der Waals surface area (Å²) in [5.74, 6) is 1.50. The Labute approximate surface area is 121 Å². The number of hydrogen-bond acceptors (Lipinski definition) is 4. The number of hydrogen-bond donors (Lipinski definition) is 4. The van der Waals surface area contributed by atoms with Crippen molar-refractivity contribution in [1.29, 1.82) is 0 Å². The van der Waals surface area contributed by atoms with E-state index in [0.717, 1.165) is 0 Å². The van der Waals surface area contributed by atoms with E-state index in [1.54, 1.807) is 0 Å². The van der Waals surface area contributed by atoms with Gasteiger partial charge in [-0.1, -0.05) is 46.4 Å². The van der Waals surface area contributed by atoms with Crippen LogP contribution >= 0.6 is 46.4 Å². The van der Waals surface area contributed by atoms with Gasteiger partial charge in [0.2, 0.25) is 0 Å². The Bertz CT molecular complexity index is 442. The maximum atomic E-state index is 9.10. The zero-order valence-corrected chi connectivity index (χ0v) is 11.4. The summed E-state index contributed by atoms with van der Waals surface area (Å²) < 4.78 is 0. The normalized spacial score (nSPS) is 9.17. The fourth-order valence-corrected chi connectivity index (χ4v) is 1.62. The second-order valence-corrected chi connectivity index (χ2v) is 4.17. The average molecular weight is 336 g/mol. The third kappa shape index (κ3) is 4.75. The first kappa shape index (κ1) is 17.1. The molecule has 0 spiro atoms. The summed E-state index contributed by atoms with van der Waals surface area (Å²) in [4.78, 5) is 18.2. The Balaban J connectivity index is 0.000000411. The van der Waals surface area contributed by atoms with Gasteiger partial charge in [-0.3, -0.25) is 5.84 Å². The van der Waals surface area contributed by atoms with E-state index in [2.05, 4.69) is 5.43 Å². The van der Waals surface area contributed by atoms with Gasteiger partial charge in [0.15, 0.2) is 0 Å². The number of anilines is 1. The number of hydrazine groups is 1. The largest absolute Gasteiger partial charge is 0.473 e.